The van der Waals surface area contributed by atoms with Gasteiger partial charge in [0.05, 0.1) is 22.5 Å². The highest BCUT2D eigenvalue weighted by Gasteiger charge is 2.45. The van der Waals surface area contributed by atoms with Crippen molar-refractivity contribution in [3.8, 4) is 11.5 Å². The molecule has 8 heteroatoms. The first-order chi connectivity index (χ1) is 12.0. The van der Waals surface area contributed by atoms with Gasteiger partial charge in [0, 0.05) is 6.20 Å². The summed E-state index contributed by atoms with van der Waals surface area (Å²) >= 11 is 0. The molecule has 7 nitrogen and oxygen atoms in total. The highest BCUT2D eigenvalue weighted by molar-refractivity contribution is 7.54. The molecule has 2 rings (SSSR count). The van der Waals surface area contributed by atoms with Crippen LogP contribution in [0, 0.1) is 6.92 Å². The first-order valence-corrected chi connectivity index (χ1v) is 10.6. The van der Waals surface area contributed by atoms with E-state index in [0.29, 0.717) is 17.2 Å². The number of aliphatic hydroxyl groups is 1. The molecule has 0 saturated heterocycles. The van der Waals surface area contributed by atoms with E-state index in [-0.39, 0.29) is 12.2 Å². The highest BCUT2D eigenvalue weighted by atomic mass is 31.2. The minimum atomic E-state index is -3.99. The molecule has 1 aliphatic heterocycles. The molecule has 0 bridgehead atoms. The van der Waals surface area contributed by atoms with Crippen molar-refractivity contribution in [2.45, 2.75) is 85.0 Å². The van der Waals surface area contributed by atoms with Crippen LogP contribution in [-0.4, -0.2) is 33.5 Å². The summed E-state index contributed by atoms with van der Waals surface area (Å²) in [6.45, 7) is 16.4. The zero-order valence-electron chi connectivity index (χ0n) is 17.7. The van der Waals surface area contributed by atoms with E-state index in [1.165, 1.54) is 6.20 Å². The second-order valence-electron chi connectivity index (χ2n) is 9.43. The number of pyridine rings is 1. The maximum absolute atomic E-state index is 13.6. The van der Waals surface area contributed by atoms with Crippen LogP contribution in [-0.2, 0) is 13.6 Å². The summed E-state index contributed by atoms with van der Waals surface area (Å²) < 4.78 is 37.0. The van der Waals surface area contributed by atoms with Crippen LogP contribution in [0.1, 0.15) is 72.5 Å². The van der Waals surface area contributed by atoms with E-state index in [1.807, 2.05) is 13.8 Å². The molecule has 0 spiro atoms. The number of nitrogens with zero attached hydrogens (tertiary/aromatic N) is 1. The third-order valence-electron chi connectivity index (χ3n) is 3.52. The fourth-order valence-electron chi connectivity index (χ4n) is 2.64. The Morgan fingerprint density at radius 3 is 2.15 bits per heavy atom. The molecule has 1 atom stereocenters. The predicted molar refractivity (Wildman–Crippen MR) is 103 cm³/mol. The zero-order chi connectivity index (χ0) is 20.8. The number of fused-ring (bicyclic) bond motifs is 1. The molecule has 0 saturated carbocycles. The van der Waals surface area contributed by atoms with E-state index < -0.39 is 30.2 Å². The highest BCUT2D eigenvalue weighted by Crippen LogP contribution is 2.65. The molecule has 154 valence electrons. The second-order valence-corrected chi connectivity index (χ2v) is 11.4. The van der Waals surface area contributed by atoms with Crippen LogP contribution in [0.25, 0.3) is 0 Å². The van der Waals surface area contributed by atoms with E-state index in [1.54, 1.807) is 48.5 Å². The third-order valence-corrected chi connectivity index (χ3v) is 6.00. The molecule has 1 aromatic rings. The van der Waals surface area contributed by atoms with E-state index in [9.17, 15) is 9.67 Å². The number of aromatic nitrogens is 1. The monoisotopic (exact) mass is 401 g/mol. The Morgan fingerprint density at radius 1 is 1.15 bits per heavy atom. The van der Waals surface area contributed by atoms with Crippen molar-refractivity contribution in [2.75, 3.05) is 6.61 Å². The average Bonchev–Trinajstić information content (AvgIpc) is 2.43. The maximum atomic E-state index is 13.6. The van der Waals surface area contributed by atoms with E-state index >= 15 is 0 Å². The molecule has 0 radical (unpaired) electrons. The molecule has 0 aliphatic carbocycles. The molecule has 0 fully saturated rings. The summed E-state index contributed by atoms with van der Waals surface area (Å²) in [4.78, 5) is 4.29. The van der Waals surface area contributed by atoms with E-state index in [4.69, 9.17) is 18.5 Å². The minimum absolute atomic E-state index is 0.225. The van der Waals surface area contributed by atoms with Crippen LogP contribution < -0.4 is 9.47 Å². The molecule has 0 amide bonds. The van der Waals surface area contributed by atoms with Crippen molar-refractivity contribution in [3.63, 3.8) is 0 Å². The largest absolute Gasteiger partial charge is 0.485 e. The smallest absolute Gasteiger partial charge is 0.364 e. The van der Waals surface area contributed by atoms with Gasteiger partial charge in [-0.25, -0.2) is 0 Å². The van der Waals surface area contributed by atoms with Gasteiger partial charge in [-0.2, -0.15) is 0 Å². The minimum Gasteiger partial charge on any atom is -0.485 e. The summed E-state index contributed by atoms with van der Waals surface area (Å²) in [5.41, 5.74) is -1.27. The van der Waals surface area contributed by atoms with E-state index in [2.05, 4.69) is 4.98 Å². The molecule has 27 heavy (non-hydrogen) atoms. The molecular weight excluding hydrogens is 369 g/mol. The Bertz CT molecular complexity index is 728. The standard InChI is InChI=1S/C19H32NO6P/c1-12-14-15(23-11-19(8,9)24-14)13(10-20-12)16(21)27(22,25-17(2,3)4)26-18(5,6)7/h10,16,21H,11H2,1-9H3. The van der Waals surface area contributed by atoms with Gasteiger partial charge >= 0.3 is 7.60 Å². The lowest BCUT2D eigenvalue weighted by Crippen LogP contribution is -2.39. The SMILES string of the molecule is Cc1ncc(C(O)P(=O)(OC(C)(C)C)OC(C)(C)C)c2c1OC(C)(C)CO2. The van der Waals surface area contributed by atoms with Crippen LogP contribution in [0.4, 0.5) is 0 Å². The number of hydrogen-bond donors (Lipinski definition) is 1. The number of rotatable bonds is 4. The van der Waals surface area contributed by atoms with Crippen LogP contribution in [0.2, 0.25) is 0 Å². The topological polar surface area (TPSA) is 87.1 Å². The molecular formula is C19H32NO6P. The van der Waals surface area contributed by atoms with Crippen LogP contribution in [0.5, 0.6) is 11.5 Å². The van der Waals surface area contributed by atoms with Gasteiger partial charge in [-0.05, 0) is 62.3 Å². The van der Waals surface area contributed by atoms with Gasteiger partial charge in [-0.15, -0.1) is 0 Å². The van der Waals surface area contributed by atoms with Crippen molar-refractivity contribution in [2.24, 2.45) is 0 Å². The number of aliphatic hydroxyl groups excluding tert-OH is 1. The number of aryl methyl sites for hydroxylation is 1. The van der Waals surface area contributed by atoms with Crippen molar-refractivity contribution >= 4 is 7.60 Å². The Kier molecular flexibility index (Phi) is 5.77. The fraction of sp³-hybridized carbons (Fsp3) is 0.737. The van der Waals surface area contributed by atoms with Crippen LogP contribution >= 0.6 is 7.60 Å². The third kappa shape index (κ3) is 5.44. The van der Waals surface area contributed by atoms with Gasteiger partial charge in [0.15, 0.2) is 17.3 Å². The second kappa shape index (κ2) is 7.03. The summed E-state index contributed by atoms with van der Waals surface area (Å²) in [6, 6.07) is 0. The van der Waals surface area contributed by atoms with Gasteiger partial charge < -0.3 is 23.6 Å². The van der Waals surface area contributed by atoms with Gasteiger partial charge in [0.25, 0.3) is 0 Å². The van der Waals surface area contributed by atoms with Gasteiger partial charge in [0.1, 0.15) is 12.2 Å². The lowest BCUT2D eigenvalue weighted by atomic mass is 10.1. The zero-order valence-corrected chi connectivity index (χ0v) is 18.6. The van der Waals surface area contributed by atoms with Gasteiger partial charge in [-0.1, -0.05) is 0 Å². The summed E-state index contributed by atoms with van der Waals surface area (Å²) in [6.07, 6.45) is 1.44. The summed E-state index contributed by atoms with van der Waals surface area (Å²) in [5.74, 6) is -0.812. The lowest BCUT2D eigenvalue weighted by molar-refractivity contribution is 0.0138. The van der Waals surface area contributed by atoms with Crippen molar-refractivity contribution in [1.82, 2.24) is 4.98 Å². The van der Waals surface area contributed by atoms with Crippen LogP contribution in [0.3, 0.4) is 0 Å². The molecule has 1 unspecified atom stereocenters. The molecule has 1 N–H and O–H groups in total. The summed E-state index contributed by atoms with van der Waals surface area (Å²) in [7, 11) is -3.99. The molecule has 2 heterocycles. The molecule has 1 aliphatic rings. The molecule has 0 aromatic carbocycles. The Labute approximate surface area is 161 Å². The Morgan fingerprint density at radius 2 is 1.67 bits per heavy atom. The average molecular weight is 401 g/mol. The van der Waals surface area contributed by atoms with Gasteiger partial charge in [-0.3, -0.25) is 9.55 Å². The van der Waals surface area contributed by atoms with Crippen molar-refractivity contribution in [1.29, 1.82) is 0 Å². The lowest BCUT2D eigenvalue weighted by Gasteiger charge is -2.37. The van der Waals surface area contributed by atoms with Crippen molar-refractivity contribution < 1.29 is 28.2 Å². The Balaban J connectivity index is 2.53. The normalized spacial score (nSPS) is 18.3. The quantitative estimate of drug-likeness (QED) is 0.728. The number of ether oxygens (including phenoxy) is 2. The maximum Gasteiger partial charge on any atom is 0.364 e. The molecule has 1 aromatic heterocycles. The summed E-state index contributed by atoms with van der Waals surface area (Å²) in [5, 5.41) is 11.1. The predicted octanol–water partition coefficient (Wildman–Crippen LogP) is 4.75. The first kappa shape index (κ1) is 22.2. The first-order valence-electron chi connectivity index (χ1n) is 9.04. The number of hydrogen-bond acceptors (Lipinski definition) is 7. The van der Waals surface area contributed by atoms with Crippen molar-refractivity contribution in [3.05, 3.63) is 17.5 Å². The fourth-order valence-corrected chi connectivity index (χ4v) is 4.92. The Hall–Kier alpha value is -1.14. The van der Waals surface area contributed by atoms with Gasteiger partial charge in [0.2, 0.25) is 0 Å². The van der Waals surface area contributed by atoms with Crippen LogP contribution in [0.15, 0.2) is 6.20 Å². The van der Waals surface area contributed by atoms with E-state index in [0.717, 1.165) is 0 Å².